The molecule has 0 radical (unpaired) electrons. The van der Waals surface area contributed by atoms with Gasteiger partial charge in [-0.05, 0) is 30.5 Å². The summed E-state index contributed by atoms with van der Waals surface area (Å²) < 4.78 is 8.03. The Morgan fingerprint density at radius 2 is 2.12 bits per heavy atom. The number of amides is 1. The van der Waals surface area contributed by atoms with E-state index in [-0.39, 0.29) is 23.3 Å². The lowest BCUT2D eigenvalue weighted by Crippen LogP contribution is -2.29. The molecule has 4 heterocycles. The van der Waals surface area contributed by atoms with Crippen molar-refractivity contribution in [2.45, 2.75) is 37.2 Å². The van der Waals surface area contributed by atoms with Crippen molar-refractivity contribution in [3.8, 4) is 0 Å². The van der Waals surface area contributed by atoms with Crippen LogP contribution < -0.4 is 10.9 Å². The van der Waals surface area contributed by atoms with Gasteiger partial charge >= 0.3 is 0 Å². The van der Waals surface area contributed by atoms with Crippen LogP contribution >= 0.6 is 23.1 Å². The predicted octanol–water partition coefficient (Wildman–Crippen LogP) is 3.59. The van der Waals surface area contributed by atoms with Crippen LogP contribution in [-0.2, 0) is 22.6 Å². The number of carbonyl (C=O) groups excluding carboxylic acids is 1. The Labute approximate surface area is 192 Å². The van der Waals surface area contributed by atoms with E-state index in [9.17, 15) is 9.59 Å². The molecule has 0 bridgehead atoms. The normalized spacial score (nSPS) is 16.1. The van der Waals surface area contributed by atoms with Gasteiger partial charge in [0.15, 0.2) is 5.16 Å². The van der Waals surface area contributed by atoms with E-state index in [4.69, 9.17) is 9.72 Å². The second-order valence-corrected chi connectivity index (χ2v) is 9.57. The van der Waals surface area contributed by atoms with Gasteiger partial charge in [0.05, 0.1) is 23.9 Å². The Morgan fingerprint density at radius 3 is 2.94 bits per heavy atom. The Hall–Kier alpha value is -2.75. The van der Waals surface area contributed by atoms with Crippen LogP contribution in [0.2, 0.25) is 0 Å². The number of fused-ring (bicyclic) bond motifs is 3. The fourth-order valence-corrected chi connectivity index (χ4v) is 5.64. The van der Waals surface area contributed by atoms with Crippen LogP contribution in [0.3, 0.4) is 0 Å². The molecule has 4 aromatic rings. The first-order chi connectivity index (χ1) is 15.7. The van der Waals surface area contributed by atoms with E-state index in [0.717, 1.165) is 28.6 Å². The van der Waals surface area contributed by atoms with E-state index >= 15 is 0 Å². The van der Waals surface area contributed by atoms with E-state index in [1.807, 2.05) is 42.5 Å². The van der Waals surface area contributed by atoms with Crippen LogP contribution in [-0.4, -0.2) is 38.9 Å². The molecule has 0 unspecified atom stereocenters. The molecule has 1 aromatic carbocycles. The third kappa shape index (κ3) is 4.41. The zero-order valence-electron chi connectivity index (χ0n) is 17.3. The molecule has 1 aliphatic rings. The first-order valence-electron chi connectivity index (χ1n) is 10.5. The topological polar surface area (TPSA) is 86.1 Å². The van der Waals surface area contributed by atoms with Crippen molar-refractivity contribution in [2.75, 3.05) is 12.4 Å². The number of aromatic nitrogens is 3. The zero-order chi connectivity index (χ0) is 21.9. The van der Waals surface area contributed by atoms with Gasteiger partial charge in [-0.2, -0.15) is 0 Å². The number of benzene rings is 1. The van der Waals surface area contributed by atoms with Crippen LogP contribution in [0, 0.1) is 0 Å². The van der Waals surface area contributed by atoms with Crippen LogP contribution in [0.5, 0.6) is 0 Å². The summed E-state index contributed by atoms with van der Waals surface area (Å²) in [7, 11) is 0. The fraction of sp³-hybridized carbons (Fsp3) is 0.304. The summed E-state index contributed by atoms with van der Waals surface area (Å²) in [6.07, 6.45) is 3.62. The number of nitrogens with zero attached hydrogens (tertiary/aromatic N) is 3. The molecule has 32 heavy (non-hydrogen) atoms. The van der Waals surface area contributed by atoms with Crippen LogP contribution in [0.4, 0.5) is 0 Å². The highest BCUT2D eigenvalue weighted by Gasteiger charge is 2.22. The molecule has 0 aliphatic carbocycles. The third-order valence-electron chi connectivity index (χ3n) is 5.39. The molecule has 1 amide bonds. The maximum Gasteiger partial charge on any atom is 0.272 e. The lowest BCUT2D eigenvalue weighted by molar-refractivity contribution is -0.118. The van der Waals surface area contributed by atoms with Gasteiger partial charge in [-0.1, -0.05) is 42.1 Å². The Morgan fingerprint density at radius 1 is 1.25 bits per heavy atom. The number of carbonyl (C=O) groups is 1. The quantitative estimate of drug-likeness (QED) is 0.331. The number of rotatable bonds is 7. The smallest absolute Gasteiger partial charge is 0.272 e. The van der Waals surface area contributed by atoms with Gasteiger partial charge in [-0.25, -0.2) is 9.97 Å². The fourth-order valence-electron chi connectivity index (χ4n) is 3.78. The SMILES string of the molecule is O=C(CSc1nc2c(sc3ncccc32)c(=O)n1C[C@@H]1CCCO1)NCc1ccccc1. The summed E-state index contributed by atoms with van der Waals surface area (Å²) in [6, 6.07) is 13.5. The van der Waals surface area contributed by atoms with Gasteiger partial charge in [0.1, 0.15) is 9.53 Å². The molecule has 7 nitrogen and oxygen atoms in total. The van der Waals surface area contributed by atoms with Gasteiger partial charge in [0.25, 0.3) is 5.56 Å². The monoisotopic (exact) mass is 466 g/mol. The van der Waals surface area contributed by atoms with E-state index < -0.39 is 0 Å². The van der Waals surface area contributed by atoms with Crippen LogP contribution in [0.25, 0.3) is 20.4 Å². The summed E-state index contributed by atoms with van der Waals surface area (Å²) in [5.74, 6) is 0.0742. The molecule has 1 saturated heterocycles. The molecular weight excluding hydrogens is 444 g/mol. The van der Waals surface area contributed by atoms with Crippen molar-refractivity contribution in [3.05, 3.63) is 64.6 Å². The van der Waals surface area contributed by atoms with E-state index in [2.05, 4.69) is 10.3 Å². The number of thiophene rings is 1. The Bertz CT molecular complexity index is 1310. The number of pyridine rings is 1. The second kappa shape index (κ2) is 9.40. The van der Waals surface area contributed by atoms with Crippen molar-refractivity contribution < 1.29 is 9.53 Å². The highest BCUT2D eigenvalue weighted by atomic mass is 32.2. The zero-order valence-corrected chi connectivity index (χ0v) is 19.0. The van der Waals surface area contributed by atoms with Crippen molar-refractivity contribution in [1.29, 1.82) is 0 Å². The molecule has 5 rings (SSSR count). The molecule has 1 atom stereocenters. The molecule has 164 valence electrons. The summed E-state index contributed by atoms with van der Waals surface area (Å²) in [6.45, 7) is 1.62. The van der Waals surface area contributed by atoms with Crippen molar-refractivity contribution in [1.82, 2.24) is 19.9 Å². The molecule has 9 heteroatoms. The summed E-state index contributed by atoms with van der Waals surface area (Å²) in [5.41, 5.74) is 1.59. The van der Waals surface area contributed by atoms with E-state index in [0.29, 0.717) is 35.1 Å². The first kappa shape index (κ1) is 21.1. The Balaban J connectivity index is 1.42. The van der Waals surface area contributed by atoms with Gasteiger partial charge in [-0.3, -0.25) is 14.2 Å². The number of hydrogen-bond donors (Lipinski definition) is 1. The lowest BCUT2D eigenvalue weighted by Gasteiger charge is -2.15. The van der Waals surface area contributed by atoms with E-state index in [1.54, 1.807) is 10.8 Å². The molecule has 0 spiro atoms. The maximum atomic E-state index is 13.4. The van der Waals surface area contributed by atoms with Crippen molar-refractivity contribution >= 4 is 49.4 Å². The number of hydrogen-bond acceptors (Lipinski definition) is 7. The summed E-state index contributed by atoms with van der Waals surface area (Å²) >= 11 is 2.65. The van der Waals surface area contributed by atoms with Crippen LogP contribution in [0.15, 0.2) is 58.6 Å². The molecule has 1 N–H and O–H groups in total. The second-order valence-electron chi connectivity index (χ2n) is 7.63. The molecule has 0 saturated carbocycles. The maximum absolute atomic E-state index is 13.4. The van der Waals surface area contributed by atoms with Crippen molar-refractivity contribution in [3.63, 3.8) is 0 Å². The lowest BCUT2D eigenvalue weighted by atomic mass is 10.2. The van der Waals surface area contributed by atoms with Gasteiger partial charge < -0.3 is 10.1 Å². The minimum Gasteiger partial charge on any atom is -0.376 e. The summed E-state index contributed by atoms with van der Waals surface area (Å²) in [5, 5.41) is 4.33. The highest BCUT2D eigenvalue weighted by Crippen LogP contribution is 2.30. The largest absolute Gasteiger partial charge is 0.376 e. The standard InChI is InChI=1S/C23H22N4O3S2/c28-18(25-12-15-6-2-1-3-7-15)14-31-23-26-19-17-9-4-10-24-21(17)32-20(19)22(29)27(23)13-16-8-5-11-30-16/h1-4,6-7,9-10,16H,5,8,11-14H2,(H,25,28)/t16-/m0/s1. The number of ether oxygens (including phenoxy) is 1. The Kier molecular flexibility index (Phi) is 6.20. The molecular formula is C23H22N4O3S2. The van der Waals surface area contributed by atoms with Crippen LogP contribution in [0.1, 0.15) is 18.4 Å². The summed E-state index contributed by atoms with van der Waals surface area (Å²) in [4.78, 5) is 35.9. The minimum absolute atomic E-state index is 0.00860. The highest BCUT2D eigenvalue weighted by molar-refractivity contribution is 7.99. The van der Waals surface area contributed by atoms with Gasteiger partial charge in [-0.15, -0.1) is 11.3 Å². The predicted molar refractivity (Wildman–Crippen MR) is 127 cm³/mol. The third-order valence-corrected chi connectivity index (χ3v) is 7.46. The van der Waals surface area contributed by atoms with E-state index in [1.165, 1.54) is 23.1 Å². The number of nitrogens with one attached hydrogen (secondary N) is 1. The average Bonchev–Trinajstić information content (AvgIpc) is 3.47. The first-order valence-corrected chi connectivity index (χ1v) is 12.3. The molecule has 1 fully saturated rings. The average molecular weight is 467 g/mol. The van der Waals surface area contributed by atoms with Gasteiger partial charge in [0, 0.05) is 24.7 Å². The van der Waals surface area contributed by atoms with Gasteiger partial charge in [0.2, 0.25) is 5.91 Å². The molecule has 1 aliphatic heterocycles. The molecule has 3 aromatic heterocycles. The van der Waals surface area contributed by atoms with Crippen molar-refractivity contribution in [2.24, 2.45) is 0 Å². The number of thioether (sulfide) groups is 1. The minimum atomic E-state index is -0.103.